The number of H-pyrrole nitrogens is 1. The van der Waals surface area contributed by atoms with Gasteiger partial charge in [-0.15, -0.1) is 0 Å². The van der Waals surface area contributed by atoms with E-state index in [0.717, 1.165) is 10.9 Å². The number of anilines is 1. The number of esters is 1. The molecule has 1 amide bonds. The summed E-state index contributed by atoms with van der Waals surface area (Å²) < 4.78 is 5.21. The van der Waals surface area contributed by atoms with Crippen molar-refractivity contribution in [3.05, 3.63) is 64.3 Å². The Balaban J connectivity index is 1.69. The van der Waals surface area contributed by atoms with Gasteiger partial charge in [-0.2, -0.15) is 0 Å². The van der Waals surface area contributed by atoms with E-state index in [1.54, 1.807) is 24.3 Å². The Hall–Kier alpha value is -2.50. The van der Waals surface area contributed by atoms with Gasteiger partial charge in [0.1, 0.15) is 5.69 Å². The van der Waals surface area contributed by atoms with Gasteiger partial charge in [-0.1, -0.05) is 47.5 Å². The van der Waals surface area contributed by atoms with Crippen molar-refractivity contribution in [3.63, 3.8) is 0 Å². The van der Waals surface area contributed by atoms with Gasteiger partial charge in [0, 0.05) is 10.9 Å². The smallest absolute Gasteiger partial charge is 0.355 e. The van der Waals surface area contributed by atoms with Crippen LogP contribution in [0.15, 0.2) is 48.5 Å². The summed E-state index contributed by atoms with van der Waals surface area (Å²) >= 11 is 12.0. The molecule has 2 N–H and O–H groups in total. The molecule has 0 aliphatic carbocycles. The van der Waals surface area contributed by atoms with E-state index < -0.39 is 18.0 Å². The highest BCUT2D eigenvalue weighted by atomic mass is 35.5. The summed E-state index contributed by atoms with van der Waals surface area (Å²) in [6.07, 6.45) is -1.02. The third-order valence-electron chi connectivity index (χ3n) is 3.61. The van der Waals surface area contributed by atoms with Crippen LogP contribution in [0.3, 0.4) is 0 Å². The van der Waals surface area contributed by atoms with Crippen LogP contribution >= 0.6 is 23.2 Å². The highest BCUT2D eigenvalue weighted by Gasteiger charge is 2.21. The summed E-state index contributed by atoms with van der Waals surface area (Å²) in [5, 5.41) is 4.06. The summed E-state index contributed by atoms with van der Waals surface area (Å²) in [7, 11) is 0. The molecule has 0 aliphatic heterocycles. The number of carbonyl (C=O) groups is 2. The standard InChI is InChI=1S/C18H14Cl2N2O3/c1-10(17(23)22-16-12(19)6-4-7-13(16)20)25-18(24)15-9-11-5-2-3-8-14(11)21-15/h2-10,21H,1H3,(H,22,23)/t10-/m0/s1. The van der Waals surface area contributed by atoms with Crippen molar-refractivity contribution in [3.8, 4) is 0 Å². The average Bonchev–Trinajstić information content (AvgIpc) is 3.02. The van der Waals surface area contributed by atoms with E-state index in [0.29, 0.717) is 10.0 Å². The van der Waals surface area contributed by atoms with Gasteiger partial charge >= 0.3 is 5.97 Å². The Morgan fingerprint density at radius 3 is 2.44 bits per heavy atom. The van der Waals surface area contributed by atoms with E-state index in [4.69, 9.17) is 27.9 Å². The molecule has 0 saturated carbocycles. The number of para-hydroxylation sites is 2. The van der Waals surface area contributed by atoms with Crippen LogP contribution in [0.5, 0.6) is 0 Å². The molecule has 0 bridgehead atoms. The summed E-state index contributed by atoms with van der Waals surface area (Å²) in [5.41, 5.74) is 1.37. The van der Waals surface area contributed by atoms with Gasteiger partial charge in [0.05, 0.1) is 15.7 Å². The van der Waals surface area contributed by atoms with Crippen molar-refractivity contribution in [2.75, 3.05) is 5.32 Å². The zero-order valence-corrected chi connectivity index (χ0v) is 14.7. The van der Waals surface area contributed by atoms with Gasteiger partial charge in [0.2, 0.25) is 0 Å². The predicted octanol–water partition coefficient (Wildman–Crippen LogP) is 4.66. The molecule has 1 atom stereocenters. The maximum absolute atomic E-state index is 12.2. The number of nitrogens with one attached hydrogen (secondary N) is 2. The van der Waals surface area contributed by atoms with E-state index in [9.17, 15) is 9.59 Å². The molecule has 25 heavy (non-hydrogen) atoms. The molecule has 2 aromatic carbocycles. The van der Waals surface area contributed by atoms with E-state index in [1.165, 1.54) is 6.92 Å². The van der Waals surface area contributed by atoms with Gasteiger partial charge in [0.15, 0.2) is 6.10 Å². The molecule has 3 rings (SSSR count). The third-order valence-corrected chi connectivity index (χ3v) is 4.24. The lowest BCUT2D eigenvalue weighted by atomic mass is 10.2. The molecule has 5 nitrogen and oxygen atoms in total. The summed E-state index contributed by atoms with van der Waals surface area (Å²) in [5.74, 6) is -1.15. The first kappa shape index (κ1) is 17.3. The number of amides is 1. The Labute approximate surface area is 153 Å². The molecular weight excluding hydrogens is 363 g/mol. The van der Waals surface area contributed by atoms with Gasteiger partial charge in [-0.25, -0.2) is 4.79 Å². The molecule has 0 unspecified atom stereocenters. The molecule has 128 valence electrons. The number of hydrogen-bond acceptors (Lipinski definition) is 3. The maximum atomic E-state index is 12.2. The third kappa shape index (κ3) is 3.78. The lowest BCUT2D eigenvalue weighted by Gasteiger charge is -2.14. The minimum absolute atomic E-state index is 0.275. The van der Waals surface area contributed by atoms with Crippen molar-refractivity contribution in [1.29, 1.82) is 0 Å². The first-order valence-corrected chi connectivity index (χ1v) is 8.25. The normalized spacial score (nSPS) is 12.0. The number of ether oxygens (including phenoxy) is 1. The summed E-state index contributed by atoms with van der Waals surface area (Å²) in [6.45, 7) is 1.47. The van der Waals surface area contributed by atoms with Crippen LogP contribution < -0.4 is 5.32 Å². The second-order valence-corrected chi connectivity index (χ2v) is 6.22. The lowest BCUT2D eigenvalue weighted by molar-refractivity contribution is -0.123. The summed E-state index contributed by atoms with van der Waals surface area (Å²) in [4.78, 5) is 27.4. The van der Waals surface area contributed by atoms with E-state index in [-0.39, 0.29) is 11.4 Å². The van der Waals surface area contributed by atoms with Gasteiger partial charge in [-0.05, 0) is 31.2 Å². The number of fused-ring (bicyclic) bond motifs is 1. The molecule has 0 saturated heterocycles. The van der Waals surface area contributed by atoms with Crippen LogP contribution in [0, 0.1) is 0 Å². The fourth-order valence-corrected chi connectivity index (χ4v) is 2.79. The van der Waals surface area contributed by atoms with Crippen LogP contribution in [-0.2, 0) is 9.53 Å². The number of carbonyl (C=O) groups excluding carboxylic acids is 2. The maximum Gasteiger partial charge on any atom is 0.355 e. The van der Waals surface area contributed by atoms with E-state index in [1.807, 2.05) is 24.3 Å². The van der Waals surface area contributed by atoms with Crippen LogP contribution in [-0.4, -0.2) is 23.0 Å². The molecule has 3 aromatic rings. The highest BCUT2D eigenvalue weighted by Crippen LogP contribution is 2.30. The number of hydrogen-bond donors (Lipinski definition) is 2. The van der Waals surface area contributed by atoms with Gasteiger partial charge in [-0.3, -0.25) is 4.79 Å². The van der Waals surface area contributed by atoms with Crippen LogP contribution in [0.2, 0.25) is 10.0 Å². The van der Waals surface area contributed by atoms with Crippen molar-refractivity contribution < 1.29 is 14.3 Å². The van der Waals surface area contributed by atoms with E-state index in [2.05, 4.69) is 10.3 Å². The molecule has 1 heterocycles. The van der Waals surface area contributed by atoms with Crippen molar-refractivity contribution in [1.82, 2.24) is 4.98 Å². The Bertz CT molecular complexity index is 899. The molecule has 7 heteroatoms. The second-order valence-electron chi connectivity index (χ2n) is 5.40. The fraction of sp³-hybridized carbons (Fsp3) is 0.111. The topological polar surface area (TPSA) is 71.2 Å². The minimum Gasteiger partial charge on any atom is -0.448 e. The van der Waals surface area contributed by atoms with Crippen LogP contribution in [0.4, 0.5) is 5.69 Å². The van der Waals surface area contributed by atoms with Crippen molar-refractivity contribution >= 4 is 51.7 Å². The fourth-order valence-electron chi connectivity index (χ4n) is 2.30. The second kappa shape index (κ2) is 7.17. The molecule has 0 fully saturated rings. The molecule has 0 spiro atoms. The Morgan fingerprint density at radius 1 is 1.08 bits per heavy atom. The number of halogens is 2. The largest absolute Gasteiger partial charge is 0.448 e. The number of aromatic nitrogens is 1. The zero-order chi connectivity index (χ0) is 18.0. The SMILES string of the molecule is C[C@H](OC(=O)c1cc2ccccc2[nH]1)C(=O)Nc1c(Cl)cccc1Cl. The Morgan fingerprint density at radius 2 is 1.76 bits per heavy atom. The number of benzene rings is 2. The average molecular weight is 377 g/mol. The molecule has 1 aromatic heterocycles. The zero-order valence-electron chi connectivity index (χ0n) is 13.2. The molecular formula is C18H14Cl2N2O3. The summed E-state index contributed by atoms with van der Waals surface area (Å²) in [6, 6.07) is 14.0. The van der Waals surface area contributed by atoms with Gasteiger partial charge in [0.25, 0.3) is 5.91 Å². The monoisotopic (exact) mass is 376 g/mol. The minimum atomic E-state index is -1.02. The molecule has 0 aliphatic rings. The quantitative estimate of drug-likeness (QED) is 0.650. The van der Waals surface area contributed by atoms with Gasteiger partial charge < -0.3 is 15.0 Å². The highest BCUT2D eigenvalue weighted by molar-refractivity contribution is 6.39. The van der Waals surface area contributed by atoms with Crippen LogP contribution in [0.25, 0.3) is 10.9 Å². The first-order chi connectivity index (χ1) is 12.0. The first-order valence-electron chi connectivity index (χ1n) is 7.49. The number of aromatic amines is 1. The molecule has 0 radical (unpaired) electrons. The lowest BCUT2D eigenvalue weighted by Crippen LogP contribution is -2.30. The van der Waals surface area contributed by atoms with E-state index >= 15 is 0 Å². The Kier molecular flexibility index (Phi) is 4.97. The van der Waals surface area contributed by atoms with Crippen molar-refractivity contribution in [2.45, 2.75) is 13.0 Å². The van der Waals surface area contributed by atoms with Crippen molar-refractivity contribution in [2.24, 2.45) is 0 Å². The predicted molar refractivity (Wildman–Crippen MR) is 98.3 cm³/mol. The number of rotatable bonds is 4. The van der Waals surface area contributed by atoms with Crippen LogP contribution in [0.1, 0.15) is 17.4 Å².